The van der Waals surface area contributed by atoms with E-state index in [0.29, 0.717) is 5.54 Å². The Kier molecular flexibility index (Phi) is 3.63. The maximum atomic E-state index is 6.26. The Hall–Kier alpha value is -0.160. The molecule has 18 heavy (non-hydrogen) atoms. The lowest BCUT2D eigenvalue weighted by molar-refractivity contribution is 0.0691. The predicted molar refractivity (Wildman–Crippen MR) is 74.7 cm³/mol. The molecule has 0 aliphatic carbocycles. The summed E-state index contributed by atoms with van der Waals surface area (Å²) in [6.07, 6.45) is 5.33. The van der Waals surface area contributed by atoms with Crippen molar-refractivity contribution in [2.45, 2.75) is 37.3 Å². The molecule has 0 aromatic heterocycles. The topological polar surface area (TPSA) is 35.7 Å². The lowest BCUT2D eigenvalue weighted by Gasteiger charge is -2.44. The Morgan fingerprint density at radius 3 is 2.78 bits per heavy atom. The Bertz CT molecular complexity index is 296. The first-order valence-electron chi connectivity index (χ1n) is 7.64. The van der Waals surface area contributed by atoms with Gasteiger partial charge in [0.05, 0.1) is 0 Å². The summed E-state index contributed by atoms with van der Waals surface area (Å²) in [5, 5.41) is 0. The largest absolute Gasteiger partial charge is 0.329 e. The summed E-state index contributed by atoms with van der Waals surface area (Å²) in [5.74, 6) is 0. The van der Waals surface area contributed by atoms with Gasteiger partial charge in [-0.1, -0.05) is 0 Å². The number of hydrogen-bond donors (Lipinski definition) is 1. The van der Waals surface area contributed by atoms with Crippen LogP contribution in [0.1, 0.15) is 25.7 Å². The van der Waals surface area contributed by atoms with Crippen molar-refractivity contribution in [3.63, 3.8) is 0 Å². The van der Waals surface area contributed by atoms with Crippen LogP contribution in [0.15, 0.2) is 0 Å². The first-order chi connectivity index (χ1) is 8.76. The van der Waals surface area contributed by atoms with Crippen molar-refractivity contribution in [2.75, 3.05) is 52.9 Å². The van der Waals surface area contributed by atoms with Gasteiger partial charge in [-0.15, -0.1) is 0 Å². The van der Waals surface area contributed by atoms with Crippen molar-refractivity contribution in [3.05, 3.63) is 0 Å². The Balaban J connectivity index is 1.78. The van der Waals surface area contributed by atoms with E-state index in [1.54, 1.807) is 0 Å². The van der Waals surface area contributed by atoms with Crippen LogP contribution in [0.25, 0.3) is 0 Å². The second kappa shape index (κ2) is 5.08. The van der Waals surface area contributed by atoms with Crippen LogP contribution in [-0.2, 0) is 0 Å². The first kappa shape index (κ1) is 12.9. The molecule has 3 aliphatic rings. The molecule has 3 fully saturated rings. The lowest BCUT2D eigenvalue weighted by Crippen LogP contribution is -2.60. The molecule has 0 amide bonds. The van der Waals surface area contributed by atoms with Gasteiger partial charge in [0.15, 0.2) is 0 Å². The second-order valence-electron chi connectivity index (χ2n) is 6.40. The van der Waals surface area contributed by atoms with Crippen molar-refractivity contribution in [2.24, 2.45) is 5.73 Å². The number of fused-ring (bicyclic) bond motifs is 1. The van der Waals surface area contributed by atoms with Crippen LogP contribution in [0.4, 0.5) is 0 Å². The highest BCUT2D eigenvalue weighted by atomic mass is 15.3. The molecular weight excluding hydrogens is 224 g/mol. The molecule has 104 valence electrons. The summed E-state index contributed by atoms with van der Waals surface area (Å²) in [6, 6.07) is 0.742. The number of rotatable bonds is 2. The third-order valence-electron chi connectivity index (χ3n) is 5.52. The van der Waals surface area contributed by atoms with Gasteiger partial charge in [-0.05, 0) is 45.8 Å². The fourth-order valence-electron chi connectivity index (χ4n) is 4.43. The van der Waals surface area contributed by atoms with Gasteiger partial charge in [0.25, 0.3) is 0 Å². The lowest BCUT2D eigenvalue weighted by atomic mass is 9.86. The molecule has 0 aromatic rings. The van der Waals surface area contributed by atoms with Gasteiger partial charge in [-0.2, -0.15) is 0 Å². The highest BCUT2D eigenvalue weighted by Gasteiger charge is 2.51. The van der Waals surface area contributed by atoms with E-state index in [2.05, 4.69) is 21.7 Å². The Labute approximate surface area is 111 Å². The summed E-state index contributed by atoms with van der Waals surface area (Å²) < 4.78 is 0. The zero-order chi connectivity index (χ0) is 12.6. The Morgan fingerprint density at radius 1 is 1.06 bits per heavy atom. The molecular formula is C14H28N4. The Morgan fingerprint density at radius 2 is 1.94 bits per heavy atom. The average Bonchev–Trinajstić information content (AvgIpc) is 2.90. The van der Waals surface area contributed by atoms with Gasteiger partial charge in [0.1, 0.15) is 0 Å². The number of nitrogens with two attached hydrogens (primary N) is 1. The van der Waals surface area contributed by atoms with Crippen molar-refractivity contribution in [1.82, 2.24) is 14.7 Å². The van der Waals surface area contributed by atoms with Crippen LogP contribution in [0.5, 0.6) is 0 Å². The standard InChI is InChI=1S/C14H28N4/c1-16-6-3-8-18(11-10-16)14(12-15)5-9-17-7-2-4-13(14)17/h13H,2-12,15H2,1H3. The molecule has 3 rings (SSSR count). The van der Waals surface area contributed by atoms with E-state index in [0.717, 1.165) is 12.6 Å². The van der Waals surface area contributed by atoms with Crippen LogP contribution in [0, 0.1) is 0 Å². The van der Waals surface area contributed by atoms with Gasteiger partial charge in [0, 0.05) is 44.3 Å². The summed E-state index contributed by atoms with van der Waals surface area (Å²) in [5.41, 5.74) is 6.55. The van der Waals surface area contributed by atoms with E-state index in [1.807, 2.05) is 0 Å². The predicted octanol–water partition coefficient (Wildman–Crippen LogP) is 0.190. The molecule has 4 nitrogen and oxygen atoms in total. The molecule has 3 heterocycles. The summed E-state index contributed by atoms with van der Waals surface area (Å²) in [7, 11) is 2.25. The average molecular weight is 252 g/mol. The molecule has 0 bridgehead atoms. The second-order valence-corrected chi connectivity index (χ2v) is 6.40. The molecule has 4 heteroatoms. The molecule has 3 saturated heterocycles. The van der Waals surface area contributed by atoms with Crippen molar-refractivity contribution in [1.29, 1.82) is 0 Å². The molecule has 0 saturated carbocycles. The summed E-state index contributed by atoms with van der Waals surface area (Å²) in [4.78, 5) is 7.90. The van der Waals surface area contributed by atoms with Gasteiger partial charge in [-0.3, -0.25) is 9.80 Å². The van der Waals surface area contributed by atoms with E-state index in [9.17, 15) is 0 Å². The monoisotopic (exact) mass is 252 g/mol. The molecule has 2 N–H and O–H groups in total. The van der Waals surface area contributed by atoms with Crippen LogP contribution >= 0.6 is 0 Å². The minimum absolute atomic E-state index is 0.293. The fourth-order valence-corrected chi connectivity index (χ4v) is 4.43. The number of nitrogens with zero attached hydrogens (tertiary/aromatic N) is 3. The molecule has 0 spiro atoms. The van der Waals surface area contributed by atoms with E-state index in [4.69, 9.17) is 5.73 Å². The smallest absolute Gasteiger partial charge is 0.0499 e. The van der Waals surface area contributed by atoms with Gasteiger partial charge < -0.3 is 10.6 Å². The zero-order valence-electron chi connectivity index (χ0n) is 11.8. The number of likely N-dealkylation sites (N-methyl/N-ethyl adjacent to an activating group) is 1. The SMILES string of the molecule is CN1CCCN(C2(CN)CCN3CCCC32)CC1. The third-order valence-corrected chi connectivity index (χ3v) is 5.52. The highest BCUT2D eigenvalue weighted by molar-refractivity contribution is 5.10. The van der Waals surface area contributed by atoms with Crippen molar-refractivity contribution in [3.8, 4) is 0 Å². The summed E-state index contributed by atoms with van der Waals surface area (Å²) in [6.45, 7) is 8.32. The zero-order valence-corrected chi connectivity index (χ0v) is 11.8. The molecule has 3 aliphatic heterocycles. The van der Waals surface area contributed by atoms with E-state index in [1.165, 1.54) is 65.0 Å². The molecule has 2 unspecified atom stereocenters. The van der Waals surface area contributed by atoms with E-state index >= 15 is 0 Å². The van der Waals surface area contributed by atoms with Crippen LogP contribution in [-0.4, -0.2) is 79.1 Å². The van der Waals surface area contributed by atoms with Crippen LogP contribution in [0.3, 0.4) is 0 Å². The highest BCUT2D eigenvalue weighted by Crippen LogP contribution is 2.39. The minimum Gasteiger partial charge on any atom is -0.329 e. The van der Waals surface area contributed by atoms with Gasteiger partial charge >= 0.3 is 0 Å². The maximum Gasteiger partial charge on any atom is 0.0499 e. The molecule has 0 radical (unpaired) electrons. The molecule has 2 atom stereocenters. The van der Waals surface area contributed by atoms with Crippen molar-refractivity contribution >= 4 is 0 Å². The third kappa shape index (κ3) is 1.99. The van der Waals surface area contributed by atoms with Crippen LogP contribution < -0.4 is 5.73 Å². The molecule has 0 aromatic carbocycles. The van der Waals surface area contributed by atoms with E-state index in [-0.39, 0.29) is 0 Å². The fraction of sp³-hybridized carbons (Fsp3) is 1.00. The quantitative estimate of drug-likeness (QED) is 0.761. The maximum absolute atomic E-state index is 6.26. The normalized spacial score (nSPS) is 40.0. The van der Waals surface area contributed by atoms with Gasteiger partial charge in [0.2, 0.25) is 0 Å². The van der Waals surface area contributed by atoms with Gasteiger partial charge in [-0.25, -0.2) is 0 Å². The summed E-state index contributed by atoms with van der Waals surface area (Å²) >= 11 is 0. The van der Waals surface area contributed by atoms with Crippen LogP contribution in [0.2, 0.25) is 0 Å². The van der Waals surface area contributed by atoms with E-state index < -0.39 is 0 Å². The number of hydrogen-bond acceptors (Lipinski definition) is 4. The minimum atomic E-state index is 0.293. The first-order valence-corrected chi connectivity index (χ1v) is 7.64. The van der Waals surface area contributed by atoms with Crippen molar-refractivity contribution < 1.29 is 0 Å².